The van der Waals surface area contributed by atoms with Crippen molar-refractivity contribution >= 4 is 29.6 Å². The summed E-state index contributed by atoms with van der Waals surface area (Å²) in [5.74, 6) is -1.48. The van der Waals surface area contributed by atoms with Crippen molar-refractivity contribution in [2.75, 3.05) is 18.5 Å². The number of benzene rings is 2. The second-order valence-corrected chi connectivity index (χ2v) is 6.60. The van der Waals surface area contributed by atoms with Gasteiger partial charge >= 0.3 is 11.8 Å². The van der Waals surface area contributed by atoms with E-state index in [0.29, 0.717) is 17.9 Å². The SMILES string of the molecule is CCCNC(=O)C(=O)N/N=C\c1ccccc1OCC(=O)Nc1c(C)cccc1C. The maximum absolute atomic E-state index is 12.3. The molecule has 8 nitrogen and oxygen atoms in total. The predicted octanol–water partition coefficient (Wildman–Crippen LogP) is 2.30. The molecule has 0 bridgehead atoms. The molecule has 0 saturated heterocycles. The molecule has 0 aliphatic carbocycles. The van der Waals surface area contributed by atoms with Crippen molar-refractivity contribution < 1.29 is 19.1 Å². The van der Waals surface area contributed by atoms with Crippen molar-refractivity contribution in [1.82, 2.24) is 10.7 Å². The van der Waals surface area contributed by atoms with Gasteiger partial charge in [0.15, 0.2) is 6.61 Å². The Balaban J connectivity index is 1.94. The summed E-state index contributed by atoms with van der Waals surface area (Å²) in [6.45, 7) is 5.95. The number of hydrogen-bond donors (Lipinski definition) is 3. The summed E-state index contributed by atoms with van der Waals surface area (Å²) in [5, 5.41) is 9.10. The normalized spacial score (nSPS) is 10.5. The van der Waals surface area contributed by atoms with Crippen LogP contribution in [-0.4, -0.2) is 37.1 Å². The number of carbonyl (C=O) groups excluding carboxylic acids is 3. The van der Waals surface area contributed by atoms with Crippen LogP contribution in [0.15, 0.2) is 47.6 Å². The van der Waals surface area contributed by atoms with Crippen molar-refractivity contribution in [1.29, 1.82) is 0 Å². The predicted molar refractivity (Wildman–Crippen MR) is 116 cm³/mol. The summed E-state index contributed by atoms with van der Waals surface area (Å²) >= 11 is 0. The van der Waals surface area contributed by atoms with Gasteiger partial charge in [0, 0.05) is 17.8 Å². The fraction of sp³-hybridized carbons (Fsp3) is 0.273. The van der Waals surface area contributed by atoms with Crippen LogP contribution in [0.4, 0.5) is 5.69 Å². The van der Waals surface area contributed by atoms with Crippen molar-refractivity contribution in [2.24, 2.45) is 5.10 Å². The topological polar surface area (TPSA) is 109 Å². The lowest BCUT2D eigenvalue weighted by atomic mass is 10.1. The lowest BCUT2D eigenvalue weighted by Gasteiger charge is -2.13. The average Bonchev–Trinajstić information content (AvgIpc) is 2.73. The van der Waals surface area contributed by atoms with E-state index in [0.717, 1.165) is 23.2 Å². The minimum atomic E-state index is -0.855. The first-order chi connectivity index (χ1) is 14.4. The molecule has 0 atom stereocenters. The molecule has 0 spiro atoms. The van der Waals surface area contributed by atoms with Gasteiger partial charge in [-0.05, 0) is 43.5 Å². The molecule has 158 valence electrons. The molecule has 3 amide bonds. The maximum atomic E-state index is 12.3. The van der Waals surface area contributed by atoms with Gasteiger partial charge in [-0.15, -0.1) is 0 Å². The van der Waals surface area contributed by atoms with Gasteiger partial charge < -0.3 is 15.4 Å². The monoisotopic (exact) mass is 410 g/mol. The minimum Gasteiger partial charge on any atom is -0.483 e. The van der Waals surface area contributed by atoms with Crippen LogP contribution in [0.25, 0.3) is 0 Å². The van der Waals surface area contributed by atoms with E-state index in [1.165, 1.54) is 6.21 Å². The molecular weight excluding hydrogens is 384 g/mol. The van der Waals surface area contributed by atoms with Crippen molar-refractivity contribution in [3.63, 3.8) is 0 Å². The van der Waals surface area contributed by atoms with Crippen LogP contribution in [0.2, 0.25) is 0 Å². The van der Waals surface area contributed by atoms with Gasteiger partial charge in [-0.2, -0.15) is 5.10 Å². The van der Waals surface area contributed by atoms with E-state index in [-0.39, 0.29) is 12.5 Å². The van der Waals surface area contributed by atoms with Crippen molar-refractivity contribution in [3.8, 4) is 5.75 Å². The quantitative estimate of drug-likeness (QED) is 0.352. The number of rotatable bonds is 8. The molecule has 30 heavy (non-hydrogen) atoms. The molecule has 0 saturated carbocycles. The standard InChI is InChI=1S/C22H26N4O4/c1-4-12-23-21(28)22(29)26-24-13-17-10-5-6-11-18(17)30-14-19(27)25-20-15(2)8-7-9-16(20)3/h5-11,13H,4,12,14H2,1-3H3,(H,23,28)(H,25,27)(H,26,29)/b24-13-. The Labute approximate surface area is 175 Å². The minimum absolute atomic E-state index is 0.190. The number of nitrogens with one attached hydrogen (secondary N) is 3. The summed E-state index contributed by atoms with van der Waals surface area (Å²) < 4.78 is 5.61. The first-order valence-corrected chi connectivity index (χ1v) is 9.61. The molecule has 3 N–H and O–H groups in total. The van der Waals surface area contributed by atoms with Crippen LogP contribution in [0.5, 0.6) is 5.75 Å². The zero-order chi connectivity index (χ0) is 21.9. The third-order valence-corrected chi connectivity index (χ3v) is 4.13. The van der Waals surface area contributed by atoms with Crippen LogP contribution in [0.1, 0.15) is 30.0 Å². The molecule has 0 aliphatic rings. The van der Waals surface area contributed by atoms with Gasteiger partial charge in [0.05, 0.1) is 6.21 Å². The van der Waals surface area contributed by atoms with Gasteiger partial charge in [0.2, 0.25) is 0 Å². The Morgan fingerprint density at radius 3 is 2.40 bits per heavy atom. The van der Waals surface area contributed by atoms with Gasteiger partial charge in [-0.3, -0.25) is 14.4 Å². The molecule has 0 aromatic heterocycles. The van der Waals surface area contributed by atoms with Crippen molar-refractivity contribution in [3.05, 3.63) is 59.2 Å². The summed E-state index contributed by atoms with van der Waals surface area (Å²) in [4.78, 5) is 35.5. The van der Waals surface area contributed by atoms with E-state index in [2.05, 4.69) is 21.2 Å². The highest BCUT2D eigenvalue weighted by molar-refractivity contribution is 6.35. The highest BCUT2D eigenvalue weighted by Crippen LogP contribution is 2.20. The molecule has 0 radical (unpaired) electrons. The van der Waals surface area contributed by atoms with E-state index in [1.54, 1.807) is 24.3 Å². The lowest BCUT2D eigenvalue weighted by molar-refractivity contribution is -0.139. The molecule has 2 aromatic rings. The number of amides is 3. The Morgan fingerprint density at radius 2 is 1.70 bits per heavy atom. The summed E-state index contributed by atoms with van der Waals surface area (Å²) in [6, 6.07) is 12.7. The first-order valence-electron chi connectivity index (χ1n) is 9.61. The average molecular weight is 410 g/mol. The molecule has 8 heteroatoms. The lowest BCUT2D eigenvalue weighted by Crippen LogP contribution is -2.38. The summed E-state index contributed by atoms with van der Waals surface area (Å²) in [7, 11) is 0. The number of aryl methyl sites for hydroxylation is 2. The van der Waals surface area contributed by atoms with Crippen LogP contribution >= 0.6 is 0 Å². The van der Waals surface area contributed by atoms with Crippen LogP contribution in [-0.2, 0) is 14.4 Å². The maximum Gasteiger partial charge on any atom is 0.329 e. The Kier molecular flexibility index (Phi) is 8.56. The van der Waals surface area contributed by atoms with Gasteiger partial charge in [-0.25, -0.2) is 5.43 Å². The highest BCUT2D eigenvalue weighted by Gasteiger charge is 2.12. The fourth-order valence-corrected chi connectivity index (χ4v) is 2.58. The summed E-state index contributed by atoms with van der Waals surface area (Å²) in [5.41, 5.74) is 5.41. The molecule has 0 unspecified atom stereocenters. The van der Waals surface area contributed by atoms with Gasteiger partial charge in [-0.1, -0.05) is 37.3 Å². The molecule has 2 aromatic carbocycles. The number of nitrogens with zero attached hydrogens (tertiary/aromatic N) is 1. The number of para-hydroxylation sites is 2. The fourth-order valence-electron chi connectivity index (χ4n) is 2.58. The second-order valence-electron chi connectivity index (χ2n) is 6.60. The number of hydrazone groups is 1. The number of carbonyl (C=O) groups is 3. The number of ether oxygens (including phenoxy) is 1. The van der Waals surface area contributed by atoms with Gasteiger partial charge in [0.1, 0.15) is 5.75 Å². The Hall–Kier alpha value is -3.68. The molecule has 0 aliphatic heterocycles. The second kappa shape index (κ2) is 11.4. The van der Waals surface area contributed by atoms with Crippen LogP contribution < -0.4 is 20.8 Å². The molecular formula is C22H26N4O4. The number of anilines is 1. The third kappa shape index (κ3) is 6.73. The van der Waals surface area contributed by atoms with E-state index in [9.17, 15) is 14.4 Å². The molecule has 2 rings (SSSR count). The number of hydrogen-bond acceptors (Lipinski definition) is 5. The Morgan fingerprint density at radius 1 is 1.00 bits per heavy atom. The molecule has 0 fully saturated rings. The van der Waals surface area contributed by atoms with E-state index in [1.807, 2.05) is 39.0 Å². The zero-order valence-electron chi connectivity index (χ0n) is 17.3. The zero-order valence-corrected chi connectivity index (χ0v) is 17.3. The van der Waals surface area contributed by atoms with E-state index in [4.69, 9.17) is 4.74 Å². The molecule has 0 heterocycles. The van der Waals surface area contributed by atoms with Crippen molar-refractivity contribution in [2.45, 2.75) is 27.2 Å². The van der Waals surface area contributed by atoms with Crippen LogP contribution in [0.3, 0.4) is 0 Å². The first kappa shape index (κ1) is 22.6. The van der Waals surface area contributed by atoms with Gasteiger partial charge in [0.25, 0.3) is 5.91 Å². The smallest absolute Gasteiger partial charge is 0.329 e. The largest absolute Gasteiger partial charge is 0.483 e. The third-order valence-electron chi connectivity index (χ3n) is 4.13. The van der Waals surface area contributed by atoms with E-state index >= 15 is 0 Å². The Bertz CT molecular complexity index is 920. The van der Waals surface area contributed by atoms with E-state index < -0.39 is 11.8 Å². The summed E-state index contributed by atoms with van der Waals surface area (Å²) in [6.07, 6.45) is 2.08. The van der Waals surface area contributed by atoms with Crippen LogP contribution in [0, 0.1) is 13.8 Å². The highest BCUT2D eigenvalue weighted by atomic mass is 16.5.